The van der Waals surface area contributed by atoms with Gasteiger partial charge in [0.1, 0.15) is 5.56 Å². The van der Waals surface area contributed by atoms with E-state index in [0.29, 0.717) is 0 Å². The number of hydrogen-bond donors (Lipinski definition) is 0. The predicted octanol–water partition coefficient (Wildman–Crippen LogP) is 1.67. The number of esters is 1. The van der Waals surface area contributed by atoms with Crippen molar-refractivity contribution in [1.29, 1.82) is 0 Å². The van der Waals surface area contributed by atoms with Crippen molar-refractivity contribution in [2.75, 3.05) is 14.2 Å². The predicted molar refractivity (Wildman–Crippen MR) is 47.1 cm³/mol. The van der Waals surface area contributed by atoms with Crippen molar-refractivity contribution in [3.05, 3.63) is 22.6 Å². The van der Waals surface area contributed by atoms with Crippen LogP contribution in [0.2, 0.25) is 5.15 Å². The third kappa shape index (κ3) is 1.93. The standard InChI is InChI=1S/C8H7ClFNO3/c1-13-7-4(8(12)14-2)3-5(10)6(9)11-7/h3H,1-2H3. The summed E-state index contributed by atoms with van der Waals surface area (Å²) < 4.78 is 22.1. The molecule has 0 aliphatic heterocycles. The average molecular weight is 220 g/mol. The number of pyridine rings is 1. The molecule has 0 aliphatic carbocycles. The molecule has 0 unspecified atom stereocenters. The molecule has 0 atom stereocenters. The lowest BCUT2D eigenvalue weighted by Crippen LogP contribution is -2.06. The third-order valence-corrected chi connectivity index (χ3v) is 1.76. The van der Waals surface area contributed by atoms with Crippen LogP contribution in [0.25, 0.3) is 0 Å². The van der Waals surface area contributed by atoms with Crippen LogP contribution in [-0.2, 0) is 4.74 Å². The molecule has 4 nitrogen and oxygen atoms in total. The van der Waals surface area contributed by atoms with Gasteiger partial charge in [0.2, 0.25) is 5.88 Å². The van der Waals surface area contributed by atoms with Gasteiger partial charge in [-0.2, -0.15) is 4.98 Å². The Hall–Kier alpha value is -1.36. The third-order valence-electron chi connectivity index (χ3n) is 1.50. The first-order valence-electron chi connectivity index (χ1n) is 3.58. The Morgan fingerprint density at radius 1 is 1.57 bits per heavy atom. The first-order valence-corrected chi connectivity index (χ1v) is 3.96. The number of aromatic nitrogens is 1. The number of ether oxygens (including phenoxy) is 2. The van der Waals surface area contributed by atoms with Crippen molar-refractivity contribution in [3.63, 3.8) is 0 Å². The number of rotatable bonds is 2. The van der Waals surface area contributed by atoms with Gasteiger partial charge in [-0.3, -0.25) is 0 Å². The summed E-state index contributed by atoms with van der Waals surface area (Å²) >= 11 is 5.39. The molecule has 0 N–H and O–H groups in total. The molecule has 1 aromatic rings. The molecule has 0 saturated carbocycles. The Bertz CT molecular complexity index is 370. The summed E-state index contributed by atoms with van der Waals surface area (Å²) in [6.45, 7) is 0. The fraction of sp³-hybridized carbons (Fsp3) is 0.250. The summed E-state index contributed by atoms with van der Waals surface area (Å²) in [6, 6.07) is 0.917. The van der Waals surface area contributed by atoms with Crippen LogP contribution < -0.4 is 4.74 Å². The van der Waals surface area contributed by atoms with E-state index in [-0.39, 0.29) is 16.6 Å². The van der Waals surface area contributed by atoms with E-state index < -0.39 is 11.8 Å². The van der Waals surface area contributed by atoms with Crippen LogP contribution in [0.15, 0.2) is 6.07 Å². The monoisotopic (exact) mass is 219 g/mol. The molecule has 0 aromatic carbocycles. The van der Waals surface area contributed by atoms with Crippen molar-refractivity contribution in [1.82, 2.24) is 4.98 Å². The molecule has 0 radical (unpaired) electrons. The number of methoxy groups -OCH3 is 2. The van der Waals surface area contributed by atoms with Gasteiger partial charge >= 0.3 is 5.97 Å². The van der Waals surface area contributed by atoms with Crippen LogP contribution in [0.5, 0.6) is 5.88 Å². The Kier molecular flexibility index (Phi) is 3.24. The zero-order valence-electron chi connectivity index (χ0n) is 7.51. The Balaban J connectivity index is 3.27. The van der Waals surface area contributed by atoms with Crippen molar-refractivity contribution < 1.29 is 18.7 Å². The average Bonchev–Trinajstić information content (AvgIpc) is 2.20. The molecule has 1 aromatic heterocycles. The second-order valence-corrected chi connectivity index (χ2v) is 2.67. The minimum atomic E-state index is -0.798. The van der Waals surface area contributed by atoms with Gasteiger partial charge in [0, 0.05) is 0 Å². The van der Waals surface area contributed by atoms with Gasteiger partial charge in [-0.15, -0.1) is 0 Å². The highest BCUT2D eigenvalue weighted by molar-refractivity contribution is 6.29. The van der Waals surface area contributed by atoms with Crippen molar-refractivity contribution in [2.24, 2.45) is 0 Å². The lowest BCUT2D eigenvalue weighted by molar-refractivity contribution is 0.0595. The van der Waals surface area contributed by atoms with Gasteiger partial charge in [0.25, 0.3) is 0 Å². The molecule has 6 heteroatoms. The van der Waals surface area contributed by atoms with Crippen molar-refractivity contribution in [2.45, 2.75) is 0 Å². The molecular weight excluding hydrogens is 213 g/mol. The smallest absolute Gasteiger partial charge is 0.343 e. The summed E-state index contributed by atoms with van der Waals surface area (Å²) in [4.78, 5) is 14.6. The normalized spacial score (nSPS) is 9.71. The first-order chi connectivity index (χ1) is 6.60. The second-order valence-electron chi connectivity index (χ2n) is 2.31. The fourth-order valence-corrected chi connectivity index (χ4v) is 0.994. The summed E-state index contributed by atoms with van der Waals surface area (Å²) in [5.74, 6) is -1.60. The Morgan fingerprint density at radius 3 is 2.71 bits per heavy atom. The van der Waals surface area contributed by atoms with Gasteiger partial charge in [0.15, 0.2) is 11.0 Å². The van der Waals surface area contributed by atoms with Crippen LogP contribution in [0, 0.1) is 5.82 Å². The van der Waals surface area contributed by atoms with Crippen LogP contribution in [0.4, 0.5) is 4.39 Å². The van der Waals surface area contributed by atoms with E-state index >= 15 is 0 Å². The molecule has 1 rings (SSSR count). The quantitative estimate of drug-likeness (QED) is 0.561. The molecule has 1 heterocycles. The van der Waals surface area contributed by atoms with E-state index in [1.54, 1.807) is 0 Å². The fourth-order valence-electron chi connectivity index (χ4n) is 0.863. The van der Waals surface area contributed by atoms with Gasteiger partial charge in [-0.05, 0) is 6.07 Å². The highest BCUT2D eigenvalue weighted by Gasteiger charge is 2.17. The first kappa shape index (κ1) is 10.7. The molecule has 0 fully saturated rings. The van der Waals surface area contributed by atoms with Crippen LogP contribution in [0.3, 0.4) is 0 Å². The zero-order chi connectivity index (χ0) is 10.7. The largest absolute Gasteiger partial charge is 0.480 e. The van der Waals surface area contributed by atoms with Gasteiger partial charge in [-0.1, -0.05) is 11.6 Å². The molecule has 0 bridgehead atoms. The van der Waals surface area contributed by atoms with E-state index in [9.17, 15) is 9.18 Å². The van der Waals surface area contributed by atoms with E-state index in [1.165, 1.54) is 14.2 Å². The maximum atomic E-state index is 12.9. The Morgan fingerprint density at radius 2 is 2.21 bits per heavy atom. The molecule has 0 aliphatic rings. The van der Waals surface area contributed by atoms with Gasteiger partial charge in [0.05, 0.1) is 14.2 Å². The molecule has 0 amide bonds. The van der Waals surface area contributed by atoms with Gasteiger partial charge < -0.3 is 9.47 Å². The lowest BCUT2D eigenvalue weighted by Gasteiger charge is -2.05. The highest BCUT2D eigenvalue weighted by Crippen LogP contribution is 2.22. The van der Waals surface area contributed by atoms with E-state index in [2.05, 4.69) is 9.72 Å². The number of carbonyl (C=O) groups is 1. The molecule has 76 valence electrons. The zero-order valence-corrected chi connectivity index (χ0v) is 8.26. The number of carbonyl (C=O) groups excluding carboxylic acids is 1. The Labute approximate surface area is 84.6 Å². The minimum Gasteiger partial charge on any atom is -0.480 e. The number of nitrogens with zero attached hydrogens (tertiary/aromatic N) is 1. The lowest BCUT2D eigenvalue weighted by atomic mass is 10.2. The van der Waals surface area contributed by atoms with Crippen LogP contribution in [-0.4, -0.2) is 25.2 Å². The van der Waals surface area contributed by atoms with Crippen molar-refractivity contribution >= 4 is 17.6 Å². The molecule has 0 spiro atoms. The topological polar surface area (TPSA) is 48.4 Å². The van der Waals surface area contributed by atoms with E-state index in [4.69, 9.17) is 16.3 Å². The molecular formula is C8H7ClFNO3. The van der Waals surface area contributed by atoms with Crippen LogP contribution >= 0.6 is 11.6 Å². The van der Waals surface area contributed by atoms with Gasteiger partial charge in [-0.25, -0.2) is 9.18 Å². The van der Waals surface area contributed by atoms with Crippen LogP contribution in [0.1, 0.15) is 10.4 Å². The summed E-state index contributed by atoms with van der Waals surface area (Å²) in [7, 11) is 2.47. The SMILES string of the molecule is COC(=O)c1cc(F)c(Cl)nc1OC. The summed E-state index contributed by atoms with van der Waals surface area (Å²) in [5, 5.41) is -0.352. The maximum absolute atomic E-state index is 12.9. The summed E-state index contributed by atoms with van der Waals surface area (Å²) in [6.07, 6.45) is 0. The minimum absolute atomic E-state index is 0.0664. The second kappa shape index (κ2) is 4.23. The van der Waals surface area contributed by atoms with Crippen molar-refractivity contribution in [3.8, 4) is 5.88 Å². The van der Waals surface area contributed by atoms with E-state index in [1.807, 2.05) is 0 Å². The molecule has 0 saturated heterocycles. The maximum Gasteiger partial charge on any atom is 0.343 e. The number of hydrogen-bond acceptors (Lipinski definition) is 4. The highest BCUT2D eigenvalue weighted by atomic mass is 35.5. The molecule has 14 heavy (non-hydrogen) atoms. The van der Waals surface area contributed by atoms with E-state index in [0.717, 1.165) is 6.07 Å². The summed E-state index contributed by atoms with van der Waals surface area (Å²) in [5.41, 5.74) is -0.100. The number of halogens is 2.